The maximum atomic E-state index is 10.1. The molecule has 3 atom stereocenters. The molecular formula is C13H22ClNO. The van der Waals surface area contributed by atoms with Crippen LogP contribution in [-0.2, 0) is 0 Å². The highest BCUT2D eigenvalue weighted by Gasteiger charge is 2.36. The number of aliphatic hydroxyl groups excluding tert-OH is 1. The summed E-state index contributed by atoms with van der Waals surface area (Å²) in [6, 6.07) is 0.586. The average molecular weight is 244 g/mol. The van der Waals surface area contributed by atoms with Crippen molar-refractivity contribution in [1.82, 2.24) is 4.90 Å². The van der Waals surface area contributed by atoms with E-state index in [1.165, 1.54) is 32.1 Å². The summed E-state index contributed by atoms with van der Waals surface area (Å²) in [7, 11) is 0. The molecule has 0 radical (unpaired) electrons. The van der Waals surface area contributed by atoms with E-state index >= 15 is 0 Å². The Kier molecular flexibility index (Phi) is 4.68. The van der Waals surface area contributed by atoms with Gasteiger partial charge in [-0.2, -0.15) is 0 Å². The van der Waals surface area contributed by atoms with Gasteiger partial charge < -0.3 is 5.11 Å². The number of aliphatic hydroxyl groups is 1. The predicted molar refractivity (Wildman–Crippen MR) is 67.6 cm³/mol. The first kappa shape index (κ1) is 12.4. The highest BCUT2D eigenvalue weighted by atomic mass is 35.5. The molecule has 0 aromatic rings. The summed E-state index contributed by atoms with van der Waals surface area (Å²) in [6.07, 6.45) is 9.15. The number of hydrogen-bond donors (Lipinski definition) is 1. The van der Waals surface area contributed by atoms with Crippen LogP contribution in [-0.4, -0.2) is 35.2 Å². The number of halogens is 1. The van der Waals surface area contributed by atoms with E-state index in [1.54, 1.807) is 5.54 Å². The van der Waals surface area contributed by atoms with Crippen molar-refractivity contribution in [2.45, 2.75) is 50.7 Å². The second-order valence-corrected chi connectivity index (χ2v) is 5.33. The van der Waals surface area contributed by atoms with Gasteiger partial charge in [-0.1, -0.05) is 30.5 Å². The molecule has 1 heterocycles. The van der Waals surface area contributed by atoms with Gasteiger partial charge in [0.1, 0.15) is 0 Å². The minimum atomic E-state index is -0.0701. The molecule has 0 bridgehead atoms. The van der Waals surface area contributed by atoms with Gasteiger partial charge in [0.25, 0.3) is 0 Å². The minimum absolute atomic E-state index is 0.0701. The molecule has 1 aliphatic heterocycles. The van der Waals surface area contributed by atoms with Crippen LogP contribution < -0.4 is 0 Å². The van der Waals surface area contributed by atoms with Crippen LogP contribution in [0.2, 0.25) is 0 Å². The molecule has 0 aromatic carbocycles. The molecule has 92 valence electrons. The number of nitrogens with zero attached hydrogens (tertiary/aromatic N) is 1. The van der Waals surface area contributed by atoms with E-state index in [0.717, 1.165) is 19.5 Å². The Balaban J connectivity index is 1.95. The largest absolute Gasteiger partial charge is 0.393 e. The molecule has 1 aliphatic carbocycles. The smallest absolute Gasteiger partial charge is 0.0583 e. The maximum Gasteiger partial charge on any atom is 0.0583 e. The Bertz CT molecular complexity index is 244. The SMILES string of the molecule is OC1CCCCC1C1CCCN1C/C=C/Cl. The third kappa shape index (κ3) is 2.79. The second-order valence-electron chi connectivity index (χ2n) is 5.08. The molecule has 2 rings (SSSR count). The quantitative estimate of drug-likeness (QED) is 0.824. The van der Waals surface area contributed by atoms with Crippen LogP contribution in [0.25, 0.3) is 0 Å². The average Bonchev–Trinajstić information content (AvgIpc) is 2.75. The first-order chi connectivity index (χ1) is 7.83. The van der Waals surface area contributed by atoms with E-state index in [-0.39, 0.29) is 6.10 Å². The zero-order valence-electron chi connectivity index (χ0n) is 9.82. The third-order valence-corrected chi connectivity index (χ3v) is 4.30. The molecule has 3 unspecified atom stereocenters. The molecule has 16 heavy (non-hydrogen) atoms. The Labute approximate surface area is 103 Å². The molecule has 0 aromatic heterocycles. The van der Waals surface area contributed by atoms with Crippen molar-refractivity contribution in [3.05, 3.63) is 11.6 Å². The summed E-state index contributed by atoms with van der Waals surface area (Å²) in [6.45, 7) is 2.10. The van der Waals surface area contributed by atoms with Gasteiger partial charge in [0.05, 0.1) is 6.10 Å². The summed E-state index contributed by atoms with van der Waals surface area (Å²) in [5.41, 5.74) is 1.60. The molecule has 3 heteroatoms. The lowest BCUT2D eigenvalue weighted by atomic mass is 9.80. The summed E-state index contributed by atoms with van der Waals surface area (Å²) in [4.78, 5) is 2.48. The normalized spacial score (nSPS) is 37.2. The topological polar surface area (TPSA) is 23.5 Å². The van der Waals surface area contributed by atoms with Gasteiger partial charge >= 0.3 is 0 Å². The highest BCUT2D eigenvalue weighted by Crippen LogP contribution is 2.34. The number of hydrogen-bond acceptors (Lipinski definition) is 2. The van der Waals surface area contributed by atoms with Gasteiger partial charge in [0, 0.05) is 24.0 Å². The van der Waals surface area contributed by atoms with Gasteiger partial charge in [-0.25, -0.2) is 0 Å². The van der Waals surface area contributed by atoms with Gasteiger partial charge in [-0.3, -0.25) is 4.90 Å². The van der Waals surface area contributed by atoms with E-state index in [1.807, 2.05) is 6.08 Å². The first-order valence-electron chi connectivity index (χ1n) is 6.50. The van der Waals surface area contributed by atoms with E-state index in [4.69, 9.17) is 11.6 Å². The second kappa shape index (κ2) is 6.04. The van der Waals surface area contributed by atoms with Crippen molar-refractivity contribution in [2.75, 3.05) is 13.1 Å². The number of rotatable bonds is 3. The molecule has 2 fully saturated rings. The molecule has 1 saturated heterocycles. The van der Waals surface area contributed by atoms with Gasteiger partial charge in [0.2, 0.25) is 0 Å². The standard InChI is InChI=1S/C13H22ClNO/c14-8-4-10-15-9-3-6-12(15)11-5-1-2-7-13(11)16/h4,8,11-13,16H,1-3,5-7,9-10H2/b8-4+. The predicted octanol–water partition coefficient (Wildman–Crippen LogP) is 2.75. The number of likely N-dealkylation sites (tertiary alicyclic amines) is 1. The Morgan fingerprint density at radius 2 is 2.00 bits per heavy atom. The zero-order valence-corrected chi connectivity index (χ0v) is 10.6. The fraction of sp³-hybridized carbons (Fsp3) is 0.846. The fourth-order valence-corrected chi connectivity index (χ4v) is 3.41. The third-order valence-electron chi connectivity index (χ3n) is 4.12. The lowest BCUT2D eigenvalue weighted by molar-refractivity contribution is 0.0250. The Hall–Kier alpha value is -0.0500. The first-order valence-corrected chi connectivity index (χ1v) is 6.94. The molecule has 1 N–H and O–H groups in total. The molecule has 2 aliphatic rings. The van der Waals surface area contributed by atoms with E-state index < -0.39 is 0 Å². The van der Waals surface area contributed by atoms with Crippen molar-refractivity contribution in [3.63, 3.8) is 0 Å². The lowest BCUT2D eigenvalue weighted by Crippen LogP contribution is -2.42. The van der Waals surface area contributed by atoms with Gasteiger partial charge in [0.15, 0.2) is 0 Å². The fourth-order valence-electron chi connectivity index (χ4n) is 3.33. The molecule has 0 amide bonds. The van der Waals surface area contributed by atoms with Gasteiger partial charge in [-0.15, -0.1) is 0 Å². The summed E-state index contributed by atoms with van der Waals surface area (Å²) in [5.74, 6) is 0.500. The summed E-state index contributed by atoms with van der Waals surface area (Å²) in [5, 5.41) is 10.1. The van der Waals surface area contributed by atoms with Crippen LogP contribution >= 0.6 is 11.6 Å². The summed E-state index contributed by atoms with van der Waals surface area (Å²) >= 11 is 5.59. The van der Waals surface area contributed by atoms with E-state index in [0.29, 0.717) is 12.0 Å². The van der Waals surface area contributed by atoms with E-state index in [2.05, 4.69) is 4.90 Å². The van der Waals surface area contributed by atoms with Crippen molar-refractivity contribution >= 4 is 11.6 Å². The molecule has 2 nitrogen and oxygen atoms in total. The van der Waals surface area contributed by atoms with Crippen molar-refractivity contribution in [1.29, 1.82) is 0 Å². The van der Waals surface area contributed by atoms with Crippen molar-refractivity contribution < 1.29 is 5.11 Å². The van der Waals surface area contributed by atoms with Crippen LogP contribution in [0.1, 0.15) is 38.5 Å². The highest BCUT2D eigenvalue weighted by molar-refractivity contribution is 6.25. The van der Waals surface area contributed by atoms with Crippen LogP contribution in [0.4, 0.5) is 0 Å². The van der Waals surface area contributed by atoms with Crippen LogP contribution in [0.3, 0.4) is 0 Å². The molecule has 0 spiro atoms. The summed E-state index contributed by atoms with van der Waals surface area (Å²) < 4.78 is 0. The van der Waals surface area contributed by atoms with E-state index in [9.17, 15) is 5.11 Å². The van der Waals surface area contributed by atoms with Crippen LogP contribution in [0, 0.1) is 5.92 Å². The van der Waals surface area contributed by atoms with Crippen molar-refractivity contribution in [2.24, 2.45) is 5.92 Å². The Morgan fingerprint density at radius 3 is 2.75 bits per heavy atom. The molecule has 1 saturated carbocycles. The van der Waals surface area contributed by atoms with Gasteiger partial charge in [-0.05, 0) is 32.2 Å². The zero-order chi connectivity index (χ0) is 11.4. The van der Waals surface area contributed by atoms with Crippen LogP contribution in [0.15, 0.2) is 11.6 Å². The van der Waals surface area contributed by atoms with Crippen LogP contribution in [0.5, 0.6) is 0 Å². The van der Waals surface area contributed by atoms with Crippen molar-refractivity contribution in [3.8, 4) is 0 Å². The Morgan fingerprint density at radius 1 is 1.19 bits per heavy atom. The minimum Gasteiger partial charge on any atom is -0.393 e. The lowest BCUT2D eigenvalue weighted by Gasteiger charge is -2.36. The molecular weight excluding hydrogens is 222 g/mol. The maximum absolute atomic E-state index is 10.1. The monoisotopic (exact) mass is 243 g/mol.